The molecule has 0 heterocycles. The van der Waals surface area contributed by atoms with Crippen molar-refractivity contribution < 1.29 is 19.8 Å². The van der Waals surface area contributed by atoms with E-state index in [1.54, 1.807) is 0 Å². The van der Waals surface area contributed by atoms with Gasteiger partial charge >= 0.3 is 11.9 Å². The summed E-state index contributed by atoms with van der Waals surface area (Å²) in [6.45, 7) is 11.2. The quantitative estimate of drug-likeness (QED) is 0.113. The van der Waals surface area contributed by atoms with Crippen LogP contribution in [0.1, 0.15) is 169 Å². The number of hydrogen-bond donors (Lipinski definition) is 2. The van der Waals surface area contributed by atoms with E-state index in [1.165, 1.54) is 51.4 Å². The molecule has 0 bridgehead atoms. The monoisotopic (exact) mass is 510 g/mol. The second-order valence-corrected chi connectivity index (χ2v) is 11.7. The van der Waals surface area contributed by atoms with Gasteiger partial charge in [0.1, 0.15) is 0 Å². The lowest BCUT2D eigenvalue weighted by molar-refractivity contribution is -0.153. The molecular formula is C32H62O4. The summed E-state index contributed by atoms with van der Waals surface area (Å²) in [6, 6.07) is 0. The first kappa shape index (κ1) is 34.9. The van der Waals surface area contributed by atoms with Crippen molar-refractivity contribution in [2.24, 2.45) is 23.2 Å². The van der Waals surface area contributed by atoms with Crippen LogP contribution < -0.4 is 0 Å². The Balaban J connectivity index is 5.14. The number of carbonyl (C=O) groups is 2. The molecule has 0 spiro atoms. The molecule has 3 unspecified atom stereocenters. The van der Waals surface area contributed by atoms with Crippen molar-refractivity contribution in [3.05, 3.63) is 0 Å². The van der Waals surface area contributed by atoms with Gasteiger partial charge in [-0.25, -0.2) is 0 Å². The Kier molecular flexibility index (Phi) is 21.3. The molecule has 2 N–H and O–H groups in total. The van der Waals surface area contributed by atoms with Crippen LogP contribution in [0.25, 0.3) is 0 Å². The van der Waals surface area contributed by atoms with Gasteiger partial charge in [-0.2, -0.15) is 0 Å². The first-order valence-electron chi connectivity index (χ1n) is 15.7. The Labute approximate surface area is 224 Å². The molecule has 4 nitrogen and oxygen atoms in total. The van der Waals surface area contributed by atoms with Crippen LogP contribution in [0.15, 0.2) is 0 Å². The molecule has 0 aromatic rings. The summed E-state index contributed by atoms with van der Waals surface area (Å²) in [5, 5.41) is 19.5. The van der Waals surface area contributed by atoms with Crippen molar-refractivity contribution in [1.29, 1.82) is 0 Å². The molecule has 0 aromatic carbocycles. The third-order valence-electron chi connectivity index (χ3n) is 8.66. The zero-order valence-corrected chi connectivity index (χ0v) is 24.8. The van der Waals surface area contributed by atoms with Crippen LogP contribution in [-0.4, -0.2) is 22.2 Å². The molecular weight excluding hydrogens is 448 g/mol. The van der Waals surface area contributed by atoms with Crippen LogP contribution in [0.3, 0.4) is 0 Å². The second-order valence-electron chi connectivity index (χ2n) is 11.7. The van der Waals surface area contributed by atoms with Crippen LogP contribution in [0.2, 0.25) is 0 Å². The maximum absolute atomic E-state index is 13.0. The molecule has 0 aliphatic carbocycles. The molecule has 0 radical (unpaired) electrons. The second kappa shape index (κ2) is 22.0. The fraction of sp³-hybridized carbons (Fsp3) is 0.938. The molecule has 0 aromatic heterocycles. The highest BCUT2D eigenvalue weighted by molar-refractivity contribution is 5.74. The van der Waals surface area contributed by atoms with Gasteiger partial charge in [0.15, 0.2) is 0 Å². The van der Waals surface area contributed by atoms with Crippen LogP contribution >= 0.6 is 0 Å². The normalized spacial score (nSPS) is 15.8. The minimum atomic E-state index is -0.690. The minimum absolute atomic E-state index is 0.290. The van der Waals surface area contributed by atoms with Crippen molar-refractivity contribution in [2.75, 3.05) is 0 Å². The maximum Gasteiger partial charge on any atom is 0.309 e. The number of hydrogen-bond acceptors (Lipinski definition) is 2. The molecule has 0 saturated heterocycles. The topological polar surface area (TPSA) is 74.6 Å². The lowest BCUT2D eigenvalue weighted by atomic mass is 9.65. The van der Waals surface area contributed by atoms with E-state index in [9.17, 15) is 14.7 Å². The van der Waals surface area contributed by atoms with Crippen molar-refractivity contribution >= 4 is 11.9 Å². The molecule has 3 atom stereocenters. The van der Waals surface area contributed by atoms with Gasteiger partial charge in [0, 0.05) is 6.42 Å². The minimum Gasteiger partial charge on any atom is -0.481 e. The third-order valence-corrected chi connectivity index (χ3v) is 8.66. The molecule has 0 aliphatic rings. The molecule has 214 valence electrons. The molecule has 0 fully saturated rings. The number of rotatable bonds is 26. The van der Waals surface area contributed by atoms with Gasteiger partial charge in [-0.3, -0.25) is 9.59 Å². The highest BCUT2D eigenvalue weighted by Gasteiger charge is 2.42. The van der Waals surface area contributed by atoms with E-state index in [0.29, 0.717) is 17.8 Å². The molecule has 0 saturated carbocycles. The van der Waals surface area contributed by atoms with E-state index in [2.05, 4.69) is 34.6 Å². The van der Waals surface area contributed by atoms with Gasteiger partial charge in [-0.15, -0.1) is 0 Å². The lowest BCUT2D eigenvalue weighted by Crippen LogP contribution is -2.37. The van der Waals surface area contributed by atoms with Crippen LogP contribution in [-0.2, 0) is 9.59 Å². The number of unbranched alkanes of at least 4 members (excludes halogenated alkanes) is 8. The summed E-state index contributed by atoms with van der Waals surface area (Å²) in [5.74, 6) is 0.298. The van der Waals surface area contributed by atoms with Crippen molar-refractivity contribution in [1.82, 2.24) is 0 Å². The fourth-order valence-corrected chi connectivity index (χ4v) is 6.10. The zero-order valence-electron chi connectivity index (χ0n) is 24.8. The Bertz CT molecular complexity index is 526. The first-order chi connectivity index (χ1) is 17.3. The standard InChI is InChI=1S/C32H62O4/c1-6-11-20-27(8-3)24-32(31(35)36,25-28(9-4)21-12-7-2)26-29(10-5)22-18-16-14-13-15-17-19-23-30(33)34/h27-29H,6-26H2,1-5H3,(H,33,34)(H,35,36). The van der Waals surface area contributed by atoms with Gasteiger partial charge in [0.05, 0.1) is 5.41 Å². The fourth-order valence-electron chi connectivity index (χ4n) is 6.10. The van der Waals surface area contributed by atoms with Gasteiger partial charge in [-0.05, 0) is 43.4 Å². The Morgan fingerprint density at radius 2 is 0.917 bits per heavy atom. The van der Waals surface area contributed by atoms with Gasteiger partial charge in [-0.1, -0.05) is 137 Å². The van der Waals surface area contributed by atoms with Crippen LogP contribution in [0.4, 0.5) is 0 Å². The summed E-state index contributed by atoms with van der Waals surface area (Å²) in [7, 11) is 0. The van der Waals surface area contributed by atoms with E-state index in [4.69, 9.17) is 5.11 Å². The number of aliphatic carboxylic acids is 2. The van der Waals surface area contributed by atoms with Gasteiger partial charge < -0.3 is 10.2 Å². The smallest absolute Gasteiger partial charge is 0.309 e. The third kappa shape index (κ3) is 15.9. The van der Waals surface area contributed by atoms with Gasteiger partial charge in [0.2, 0.25) is 0 Å². The average molecular weight is 511 g/mol. The van der Waals surface area contributed by atoms with Crippen LogP contribution in [0.5, 0.6) is 0 Å². The summed E-state index contributed by atoms with van der Waals surface area (Å²) < 4.78 is 0. The van der Waals surface area contributed by atoms with Crippen LogP contribution in [0, 0.1) is 23.2 Å². The Hall–Kier alpha value is -1.06. The summed E-state index contributed by atoms with van der Waals surface area (Å²) in [4.78, 5) is 23.6. The van der Waals surface area contributed by atoms with Crippen molar-refractivity contribution in [3.63, 3.8) is 0 Å². The zero-order chi connectivity index (χ0) is 27.2. The van der Waals surface area contributed by atoms with E-state index in [-0.39, 0.29) is 6.42 Å². The molecule has 0 aliphatic heterocycles. The predicted molar refractivity (Wildman–Crippen MR) is 154 cm³/mol. The summed E-state index contributed by atoms with van der Waals surface area (Å²) in [6.07, 6.45) is 22.0. The average Bonchev–Trinajstić information content (AvgIpc) is 2.86. The summed E-state index contributed by atoms with van der Waals surface area (Å²) in [5.41, 5.74) is -0.576. The van der Waals surface area contributed by atoms with E-state index in [1.807, 2.05) is 0 Å². The predicted octanol–water partition coefficient (Wildman–Crippen LogP) is 10.3. The number of carboxylic acids is 2. The van der Waals surface area contributed by atoms with Gasteiger partial charge in [0.25, 0.3) is 0 Å². The molecule has 36 heavy (non-hydrogen) atoms. The number of carboxylic acid groups (broad SMARTS) is 2. The van der Waals surface area contributed by atoms with E-state index >= 15 is 0 Å². The summed E-state index contributed by atoms with van der Waals surface area (Å²) >= 11 is 0. The maximum atomic E-state index is 13.0. The molecule has 0 rings (SSSR count). The van der Waals surface area contributed by atoms with Crippen molar-refractivity contribution in [3.8, 4) is 0 Å². The molecule has 4 heteroatoms. The lowest BCUT2D eigenvalue weighted by Gasteiger charge is -2.38. The Morgan fingerprint density at radius 3 is 1.25 bits per heavy atom. The van der Waals surface area contributed by atoms with Crippen molar-refractivity contribution in [2.45, 2.75) is 169 Å². The largest absolute Gasteiger partial charge is 0.481 e. The van der Waals surface area contributed by atoms with E-state index in [0.717, 1.165) is 77.0 Å². The highest BCUT2D eigenvalue weighted by Crippen LogP contribution is 2.45. The first-order valence-corrected chi connectivity index (χ1v) is 15.7. The Morgan fingerprint density at radius 1 is 0.556 bits per heavy atom. The van der Waals surface area contributed by atoms with E-state index < -0.39 is 17.4 Å². The SMILES string of the molecule is CCCCC(CC)CC(CC(CC)CCCC)(CC(CC)CCCCCCCCCC(=O)O)C(=O)O. The highest BCUT2D eigenvalue weighted by atomic mass is 16.4. The molecule has 0 amide bonds.